The Morgan fingerprint density at radius 3 is 1.79 bits per heavy atom. The van der Waals surface area contributed by atoms with Crippen molar-refractivity contribution in [3.05, 3.63) is 15.9 Å². The third kappa shape index (κ3) is 9.72. The summed E-state index contributed by atoms with van der Waals surface area (Å²) < 4.78 is 32.3. The molecule has 0 spiro atoms. The topological polar surface area (TPSA) is 37.4 Å². The van der Waals surface area contributed by atoms with E-state index in [0.717, 1.165) is 27.2 Å². The monoisotopic (exact) mass is 765 g/mol. The van der Waals surface area contributed by atoms with Crippen molar-refractivity contribution < 1.29 is 8.42 Å². The van der Waals surface area contributed by atoms with Crippen molar-refractivity contribution in [2.24, 2.45) is 5.92 Å². The Balaban J connectivity index is 1.75. The van der Waals surface area contributed by atoms with E-state index in [2.05, 4.69) is 50.7 Å². The molecule has 1 unspecified atom stereocenters. The maximum absolute atomic E-state index is 14.1. The Morgan fingerprint density at radius 2 is 1.28 bits per heavy atom. The molecule has 0 N–H and O–H groups in total. The molecule has 2 aromatic rings. The fourth-order valence-corrected chi connectivity index (χ4v) is 16.0. The summed E-state index contributed by atoms with van der Waals surface area (Å²) in [5.41, 5.74) is 0.965. The molecular formula is C31H52BrNO2S3Sn. The molecule has 0 aromatic carbocycles. The summed E-state index contributed by atoms with van der Waals surface area (Å²) in [5, 5.41) is 0. The van der Waals surface area contributed by atoms with Gasteiger partial charge in [0.1, 0.15) is 0 Å². The molecule has 0 aliphatic carbocycles. The number of rotatable bonds is 19. The van der Waals surface area contributed by atoms with Crippen molar-refractivity contribution in [3.8, 4) is 9.75 Å². The van der Waals surface area contributed by atoms with E-state index in [0.29, 0.717) is 17.4 Å². The molecule has 1 atom stereocenters. The standard InChI is InChI=1S/C28H43BrNO2S3.3CH3.Sn/c1-3-5-7-9-11-12-14-16-18-23(17-15-13-10-8-6-4-2)22-30-24-19-20-33-27(24)28-25(35(30,31)32)21-26(29)34-28;;;;/h19,21,23H,3-18,22H2,1-2H3;3*1H3;. The van der Waals surface area contributed by atoms with Crippen molar-refractivity contribution in [1.29, 1.82) is 0 Å². The number of thiophene rings is 2. The molecule has 222 valence electrons. The number of fused-ring (bicyclic) bond motifs is 3. The van der Waals surface area contributed by atoms with Crippen LogP contribution in [0.3, 0.4) is 0 Å². The van der Waals surface area contributed by atoms with E-state index in [4.69, 9.17) is 0 Å². The van der Waals surface area contributed by atoms with Crippen LogP contribution in [0.25, 0.3) is 9.75 Å². The Hall–Kier alpha value is 0.429. The first-order chi connectivity index (χ1) is 18.6. The van der Waals surface area contributed by atoms with Crippen LogP contribution in [0.5, 0.6) is 0 Å². The molecule has 2 aromatic heterocycles. The Labute approximate surface area is 260 Å². The molecule has 0 radical (unpaired) electrons. The van der Waals surface area contributed by atoms with Gasteiger partial charge in [-0.2, -0.15) is 0 Å². The van der Waals surface area contributed by atoms with Gasteiger partial charge >= 0.3 is 223 Å². The molecule has 8 heteroatoms. The van der Waals surface area contributed by atoms with Crippen LogP contribution in [0.4, 0.5) is 5.69 Å². The number of hydrogen-bond acceptors (Lipinski definition) is 4. The minimum atomic E-state index is -3.55. The van der Waals surface area contributed by atoms with Crippen LogP contribution in [-0.2, 0) is 10.0 Å². The van der Waals surface area contributed by atoms with E-state index < -0.39 is 28.4 Å². The summed E-state index contributed by atoms with van der Waals surface area (Å²) in [6.45, 7) is 5.17. The summed E-state index contributed by atoms with van der Waals surface area (Å²) in [5.74, 6) is 0.420. The van der Waals surface area contributed by atoms with Gasteiger partial charge in [-0.25, -0.2) is 0 Å². The van der Waals surface area contributed by atoms with Gasteiger partial charge in [0.25, 0.3) is 0 Å². The molecule has 3 heterocycles. The van der Waals surface area contributed by atoms with Crippen molar-refractivity contribution >= 4 is 75.6 Å². The molecule has 0 saturated carbocycles. The van der Waals surface area contributed by atoms with Crippen LogP contribution in [0.2, 0.25) is 14.8 Å². The van der Waals surface area contributed by atoms with Gasteiger partial charge in [0.05, 0.1) is 0 Å². The van der Waals surface area contributed by atoms with Gasteiger partial charge in [-0.15, -0.1) is 0 Å². The van der Waals surface area contributed by atoms with E-state index in [1.165, 1.54) is 97.7 Å². The molecular weight excluding hydrogens is 713 g/mol. The fraction of sp³-hybridized carbons (Fsp3) is 0.742. The molecule has 3 rings (SSSR count). The second-order valence-corrected chi connectivity index (χ2v) is 33.3. The first kappa shape index (κ1) is 33.9. The third-order valence-electron chi connectivity index (χ3n) is 8.02. The van der Waals surface area contributed by atoms with Gasteiger partial charge in [-0.3, -0.25) is 0 Å². The molecule has 0 fully saturated rings. The van der Waals surface area contributed by atoms with Crippen molar-refractivity contribution in [1.82, 2.24) is 0 Å². The van der Waals surface area contributed by atoms with Gasteiger partial charge < -0.3 is 0 Å². The SMILES string of the molecule is CCCCCCCCCCC(CCCCCCCC)CN1c2c[c]([Sn]([CH3])([CH3])[CH3])sc2-c2sc(Br)cc2S1(=O)=O. The predicted molar refractivity (Wildman–Crippen MR) is 182 cm³/mol. The quantitative estimate of drug-likeness (QED) is 0.106. The van der Waals surface area contributed by atoms with Gasteiger partial charge in [0.15, 0.2) is 0 Å². The fourth-order valence-electron chi connectivity index (χ4n) is 5.58. The Bertz CT molecular complexity index is 1120. The molecule has 0 amide bonds. The number of hydrogen-bond donors (Lipinski definition) is 0. The maximum atomic E-state index is 14.1. The number of halogens is 1. The molecule has 0 saturated heterocycles. The van der Waals surface area contributed by atoms with Crippen LogP contribution < -0.4 is 7.20 Å². The third-order valence-corrected chi connectivity index (χ3v) is 22.3. The average molecular weight is 766 g/mol. The summed E-state index contributed by atoms with van der Waals surface area (Å²) in [6.07, 6.45) is 20.6. The summed E-state index contributed by atoms with van der Waals surface area (Å²) in [4.78, 5) is 9.92. The van der Waals surface area contributed by atoms with Crippen molar-refractivity contribution in [3.63, 3.8) is 0 Å². The number of unbranched alkanes of at least 4 members (excludes halogenated alkanes) is 12. The van der Waals surface area contributed by atoms with Crippen LogP contribution in [-0.4, -0.2) is 33.3 Å². The normalized spacial score (nSPS) is 15.4. The van der Waals surface area contributed by atoms with Gasteiger partial charge in [-0.05, 0) is 0 Å². The number of anilines is 1. The van der Waals surface area contributed by atoms with Crippen molar-refractivity contribution in [2.45, 2.75) is 136 Å². The molecule has 3 nitrogen and oxygen atoms in total. The summed E-state index contributed by atoms with van der Waals surface area (Å²) in [6, 6.07) is 4.11. The van der Waals surface area contributed by atoms with Gasteiger partial charge in [0, 0.05) is 0 Å². The van der Waals surface area contributed by atoms with E-state index in [1.807, 2.05) is 21.7 Å². The van der Waals surface area contributed by atoms with E-state index in [-0.39, 0.29) is 0 Å². The second-order valence-electron chi connectivity index (χ2n) is 12.5. The molecule has 1 aliphatic rings. The van der Waals surface area contributed by atoms with Crippen LogP contribution in [0.15, 0.2) is 20.8 Å². The molecule has 1 aliphatic heterocycles. The molecule has 0 bridgehead atoms. The van der Waals surface area contributed by atoms with Crippen molar-refractivity contribution in [2.75, 3.05) is 10.8 Å². The summed E-state index contributed by atoms with van der Waals surface area (Å²) in [7, 11) is -3.55. The number of sulfonamides is 1. The van der Waals surface area contributed by atoms with E-state index in [1.54, 1.807) is 11.3 Å². The Morgan fingerprint density at radius 1 is 0.769 bits per heavy atom. The zero-order valence-electron chi connectivity index (χ0n) is 25.1. The van der Waals surface area contributed by atoms with Gasteiger partial charge in [-0.1, -0.05) is 39.5 Å². The molecule has 39 heavy (non-hydrogen) atoms. The zero-order chi connectivity index (χ0) is 28.5. The van der Waals surface area contributed by atoms with E-state index in [9.17, 15) is 8.42 Å². The first-order valence-electron chi connectivity index (χ1n) is 15.6. The van der Waals surface area contributed by atoms with E-state index >= 15 is 0 Å². The second kappa shape index (κ2) is 16.3. The van der Waals surface area contributed by atoms with Crippen LogP contribution in [0.1, 0.15) is 117 Å². The number of nitrogens with zero attached hydrogens (tertiary/aromatic N) is 1. The Kier molecular flexibility index (Phi) is 14.2. The predicted octanol–water partition coefficient (Wildman–Crippen LogP) is 11.2. The average Bonchev–Trinajstić information content (AvgIpc) is 3.49. The first-order valence-corrected chi connectivity index (χ1v) is 29.4. The van der Waals surface area contributed by atoms with Crippen LogP contribution >= 0.6 is 38.6 Å². The van der Waals surface area contributed by atoms with Crippen LogP contribution in [0, 0.1) is 5.92 Å². The van der Waals surface area contributed by atoms with Gasteiger partial charge in [0.2, 0.25) is 0 Å². The summed E-state index contributed by atoms with van der Waals surface area (Å²) >= 11 is 4.67. The minimum absolute atomic E-state index is 0.420. The zero-order valence-corrected chi connectivity index (χ0v) is 32.0.